The lowest BCUT2D eigenvalue weighted by Gasteiger charge is -2.09. The Morgan fingerprint density at radius 2 is 2.00 bits per heavy atom. The van der Waals surface area contributed by atoms with Crippen LogP contribution in [0.2, 0.25) is 0 Å². The second-order valence-corrected chi connectivity index (χ2v) is 4.05. The molecule has 1 aromatic heterocycles. The second kappa shape index (κ2) is 6.20. The van der Waals surface area contributed by atoms with Gasteiger partial charge in [-0.15, -0.1) is 0 Å². The summed E-state index contributed by atoms with van der Waals surface area (Å²) in [5, 5.41) is 9.29. The van der Waals surface area contributed by atoms with Gasteiger partial charge in [-0.1, -0.05) is 0 Å². The molecule has 0 saturated heterocycles. The number of aromatic nitrogens is 1. The molecule has 0 aliphatic carbocycles. The van der Waals surface area contributed by atoms with E-state index in [2.05, 4.69) is 4.98 Å². The first-order valence-corrected chi connectivity index (χ1v) is 6.15. The van der Waals surface area contributed by atoms with E-state index < -0.39 is 0 Å². The number of hydrogen-bond donors (Lipinski definition) is 1. The highest BCUT2D eigenvalue weighted by molar-refractivity contribution is 5.65. The lowest BCUT2D eigenvalue weighted by atomic mass is 10.0. The van der Waals surface area contributed by atoms with Crippen LogP contribution in [-0.4, -0.2) is 23.8 Å². The van der Waals surface area contributed by atoms with Gasteiger partial charge in [0, 0.05) is 17.8 Å². The van der Waals surface area contributed by atoms with Gasteiger partial charge < -0.3 is 14.6 Å². The number of aliphatic hydroxyl groups is 1. The first-order chi connectivity index (χ1) is 9.26. The van der Waals surface area contributed by atoms with E-state index in [1.165, 1.54) is 0 Å². The van der Waals surface area contributed by atoms with Crippen LogP contribution in [0.4, 0.5) is 0 Å². The Labute approximate surface area is 112 Å². The third-order valence-electron chi connectivity index (χ3n) is 2.74. The molecule has 0 saturated carbocycles. The minimum atomic E-state index is -0.0164. The molecule has 2 aromatic rings. The monoisotopic (exact) mass is 259 g/mol. The summed E-state index contributed by atoms with van der Waals surface area (Å²) in [7, 11) is 1.58. The lowest BCUT2D eigenvalue weighted by Crippen LogP contribution is -1.94. The third-order valence-corrected chi connectivity index (χ3v) is 2.74. The van der Waals surface area contributed by atoms with Crippen LogP contribution in [0.3, 0.4) is 0 Å². The van der Waals surface area contributed by atoms with Crippen LogP contribution in [0.15, 0.2) is 36.5 Å². The molecular weight excluding hydrogens is 242 g/mol. The third kappa shape index (κ3) is 3.23. The van der Waals surface area contributed by atoms with E-state index in [9.17, 15) is 5.11 Å². The summed E-state index contributed by atoms with van der Waals surface area (Å²) < 4.78 is 10.5. The molecule has 19 heavy (non-hydrogen) atoms. The van der Waals surface area contributed by atoms with E-state index in [0.29, 0.717) is 12.5 Å². The standard InChI is InChI=1S/C15H17NO3/c1-3-19-14-7-11(10-17)6-13(8-14)12-4-5-15(18-2)16-9-12/h4-9,17H,3,10H2,1-2H3. The highest BCUT2D eigenvalue weighted by Gasteiger charge is 2.05. The first kappa shape index (κ1) is 13.4. The number of hydrogen-bond acceptors (Lipinski definition) is 4. The Bertz CT molecular complexity index is 538. The maximum Gasteiger partial charge on any atom is 0.212 e. The number of aliphatic hydroxyl groups excluding tert-OH is 1. The Balaban J connectivity index is 2.38. The predicted octanol–water partition coefficient (Wildman–Crippen LogP) is 2.65. The number of rotatable bonds is 5. The van der Waals surface area contributed by atoms with E-state index in [0.717, 1.165) is 22.4 Å². The molecule has 1 N–H and O–H groups in total. The first-order valence-electron chi connectivity index (χ1n) is 6.15. The zero-order valence-corrected chi connectivity index (χ0v) is 11.1. The van der Waals surface area contributed by atoms with Crippen molar-refractivity contribution in [2.24, 2.45) is 0 Å². The van der Waals surface area contributed by atoms with Gasteiger partial charge in [0.25, 0.3) is 0 Å². The van der Waals surface area contributed by atoms with Crippen molar-refractivity contribution in [3.63, 3.8) is 0 Å². The quantitative estimate of drug-likeness (QED) is 0.896. The summed E-state index contributed by atoms with van der Waals surface area (Å²) in [6.45, 7) is 2.51. The molecular formula is C15H17NO3. The van der Waals surface area contributed by atoms with Crippen LogP contribution in [0.1, 0.15) is 12.5 Å². The molecule has 0 aliphatic rings. The molecule has 1 heterocycles. The van der Waals surface area contributed by atoms with Crippen molar-refractivity contribution < 1.29 is 14.6 Å². The van der Waals surface area contributed by atoms with Gasteiger partial charge >= 0.3 is 0 Å². The average molecular weight is 259 g/mol. The molecule has 0 bridgehead atoms. The maximum absolute atomic E-state index is 9.29. The Morgan fingerprint density at radius 3 is 2.58 bits per heavy atom. The van der Waals surface area contributed by atoms with Crippen LogP contribution in [0, 0.1) is 0 Å². The molecule has 0 spiro atoms. The summed E-state index contributed by atoms with van der Waals surface area (Å²) in [6.07, 6.45) is 1.74. The number of benzene rings is 1. The van der Waals surface area contributed by atoms with E-state index in [-0.39, 0.29) is 6.61 Å². The van der Waals surface area contributed by atoms with E-state index in [1.807, 2.05) is 31.2 Å². The Kier molecular flexibility index (Phi) is 4.36. The number of pyridine rings is 1. The van der Waals surface area contributed by atoms with Gasteiger partial charge in [-0.05, 0) is 42.3 Å². The van der Waals surface area contributed by atoms with Crippen LogP contribution in [-0.2, 0) is 6.61 Å². The fourth-order valence-corrected chi connectivity index (χ4v) is 1.84. The normalized spacial score (nSPS) is 10.3. The van der Waals surface area contributed by atoms with Crippen LogP contribution in [0.5, 0.6) is 11.6 Å². The van der Waals surface area contributed by atoms with Crippen LogP contribution < -0.4 is 9.47 Å². The van der Waals surface area contributed by atoms with Crippen molar-refractivity contribution >= 4 is 0 Å². The Morgan fingerprint density at radius 1 is 1.16 bits per heavy atom. The van der Waals surface area contributed by atoms with E-state index >= 15 is 0 Å². The van der Waals surface area contributed by atoms with Crippen molar-refractivity contribution in [2.75, 3.05) is 13.7 Å². The van der Waals surface area contributed by atoms with Crippen molar-refractivity contribution in [2.45, 2.75) is 13.5 Å². The minimum absolute atomic E-state index is 0.0164. The van der Waals surface area contributed by atoms with Crippen molar-refractivity contribution in [3.05, 3.63) is 42.1 Å². The largest absolute Gasteiger partial charge is 0.494 e. The van der Waals surface area contributed by atoms with Gasteiger partial charge in [0.1, 0.15) is 5.75 Å². The smallest absolute Gasteiger partial charge is 0.212 e. The second-order valence-electron chi connectivity index (χ2n) is 4.05. The van der Waals surface area contributed by atoms with E-state index in [1.54, 1.807) is 19.4 Å². The molecule has 2 rings (SSSR count). The Hall–Kier alpha value is -2.07. The molecule has 1 aromatic carbocycles. The summed E-state index contributed by atoms with van der Waals surface area (Å²) in [4.78, 5) is 4.18. The zero-order valence-electron chi connectivity index (χ0n) is 11.1. The SMILES string of the molecule is CCOc1cc(CO)cc(-c2ccc(OC)nc2)c1. The van der Waals surface area contributed by atoms with Gasteiger partial charge in [-0.25, -0.2) is 4.98 Å². The van der Waals surface area contributed by atoms with Gasteiger partial charge in [-0.3, -0.25) is 0 Å². The van der Waals surface area contributed by atoms with Crippen molar-refractivity contribution in [1.29, 1.82) is 0 Å². The number of nitrogens with zero attached hydrogens (tertiary/aromatic N) is 1. The summed E-state index contributed by atoms with van der Waals surface area (Å²) >= 11 is 0. The van der Waals surface area contributed by atoms with Gasteiger partial charge in [-0.2, -0.15) is 0 Å². The number of methoxy groups -OCH3 is 1. The maximum atomic E-state index is 9.29. The lowest BCUT2D eigenvalue weighted by molar-refractivity contribution is 0.280. The molecule has 0 radical (unpaired) electrons. The molecule has 0 fully saturated rings. The molecule has 4 nitrogen and oxygen atoms in total. The fraction of sp³-hybridized carbons (Fsp3) is 0.267. The van der Waals surface area contributed by atoms with Crippen molar-refractivity contribution in [1.82, 2.24) is 4.98 Å². The molecule has 0 aliphatic heterocycles. The van der Waals surface area contributed by atoms with Crippen LogP contribution in [0.25, 0.3) is 11.1 Å². The summed E-state index contributed by atoms with van der Waals surface area (Å²) in [6, 6.07) is 9.43. The molecule has 4 heteroatoms. The van der Waals surface area contributed by atoms with Gasteiger partial charge in [0.2, 0.25) is 5.88 Å². The fourth-order valence-electron chi connectivity index (χ4n) is 1.84. The minimum Gasteiger partial charge on any atom is -0.494 e. The predicted molar refractivity (Wildman–Crippen MR) is 73.3 cm³/mol. The summed E-state index contributed by atoms with van der Waals surface area (Å²) in [5.41, 5.74) is 2.74. The molecule has 0 amide bonds. The zero-order chi connectivity index (χ0) is 13.7. The topological polar surface area (TPSA) is 51.6 Å². The van der Waals surface area contributed by atoms with Crippen molar-refractivity contribution in [3.8, 4) is 22.8 Å². The average Bonchev–Trinajstić information content (AvgIpc) is 2.47. The van der Waals surface area contributed by atoms with Gasteiger partial charge in [0.15, 0.2) is 0 Å². The van der Waals surface area contributed by atoms with Crippen LogP contribution >= 0.6 is 0 Å². The molecule has 0 unspecified atom stereocenters. The molecule has 0 atom stereocenters. The van der Waals surface area contributed by atoms with E-state index in [4.69, 9.17) is 9.47 Å². The molecule has 100 valence electrons. The van der Waals surface area contributed by atoms with Gasteiger partial charge in [0.05, 0.1) is 20.3 Å². The highest BCUT2D eigenvalue weighted by atomic mass is 16.5. The summed E-state index contributed by atoms with van der Waals surface area (Å²) in [5.74, 6) is 1.33. The highest BCUT2D eigenvalue weighted by Crippen LogP contribution is 2.26. The number of ether oxygens (including phenoxy) is 2.